The number of benzene rings is 1. The van der Waals surface area contributed by atoms with Crippen LogP contribution in [0.4, 0.5) is 5.69 Å². The van der Waals surface area contributed by atoms with E-state index in [1.165, 1.54) is 0 Å². The highest BCUT2D eigenvalue weighted by Crippen LogP contribution is 2.50. The lowest BCUT2D eigenvalue weighted by Crippen LogP contribution is -2.38. The molecule has 5 nitrogen and oxygen atoms in total. The van der Waals surface area contributed by atoms with Crippen LogP contribution >= 0.6 is 0 Å². The second-order valence-corrected chi connectivity index (χ2v) is 9.61. The highest BCUT2D eigenvalue weighted by molar-refractivity contribution is 7.92. The topological polar surface area (TPSA) is 72.5 Å². The summed E-state index contributed by atoms with van der Waals surface area (Å²) in [7, 11) is -3.36. The summed E-state index contributed by atoms with van der Waals surface area (Å²) in [6, 6.07) is 3.64. The van der Waals surface area contributed by atoms with Crippen LogP contribution in [0, 0.1) is 12.3 Å². The Balaban J connectivity index is 1.95. The summed E-state index contributed by atoms with van der Waals surface area (Å²) in [6.07, 6.45) is 1.77. The van der Waals surface area contributed by atoms with Gasteiger partial charge >= 0.3 is 0 Å². The van der Waals surface area contributed by atoms with Crippen molar-refractivity contribution in [1.82, 2.24) is 0 Å². The largest absolute Gasteiger partial charge is 0.489 e. The standard InChI is InChI=1S/C18H25NO4S/c1-5-6-24(21,22)19-13-8-12-15(7-11(13)2)23-16-10-18(3,4)9-14(20)17(12)16/h7-8,16-17,19H,5-6,9-10H2,1-4H3. The monoisotopic (exact) mass is 351 g/mol. The van der Waals surface area contributed by atoms with Crippen LogP contribution in [-0.4, -0.2) is 26.1 Å². The Bertz CT molecular complexity index is 782. The molecule has 0 spiro atoms. The normalized spacial score (nSPS) is 24.9. The SMILES string of the molecule is CCCS(=O)(=O)Nc1cc2c(cc1C)OC1CC(C)(C)CC(=O)C21. The summed E-state index contributed by atoms with van der Waals surface area (Å²) in [5.74, 6) is 0.704. The Kier molecular flexibility index (Phi) is 4.14. The van der Waals surface area contributed by atoms with E-state index in [0.717, 1.165) is 17.5 Å². The van der Waals surface area contributed by atoms with E-state index in [1.54, 1.807) is 6.07 Å². The van der Waals surface area contributed by atoms with Crippen molar-refractivity contribution < 1.29 is 17.9 Å². The summed E-state index contributed by atoms with van der Waals surface area (Å²) in [6.45, 7) is 7.85. The molecule has 0 saturated heterocycles. The molecule has 2 unspecified atom stereocenters. The number of hydrogen-bond donors (Lipinski definition) is 1. The lowest BCUT2D eigenvalue weighted by atomic mass is 9.69. The Morgan fingerprint density at radius 1 is 1.33 bits per heavy atom. The molecule has 1 aliphatic heterocycles. The van der Waals surface area contributed by atoms with Gasteiger partial charge in [-0.05, 0) is 42.9 Å². The molecule has 1 N–H and O–H groups in total. The van der Waals surface area contributed by atoms with Crippen LogP contribution in [0.5, 0.6) is 5.75 Å². The molecule has 1 aromatic rings. The van der Waals surface area contributed by atoms with Gasteiger partial charge in [-0.1, -0.05) is 20.8 Å². The van der Waals surface area contributed by atoms with Gasteiger partial charge in [-0.3, -0.25) is 9.52 Å². The molecule has 2 atom stereocenters. The Hall–Kier alpha value is -1.56. The number of carbonyl (C=O) groups excluding carboxylic acids is 1. The maximum Gasteiger partial charge on any atom is 0.232 e. The van der Waals surface area contributed by atoms with Gasteiger partial charge in [0.05, 0.1) is 17.4 Å². The lowest BCUT2D eigenvalue weighted by Gasteiger charge is -2.35. The van der Waals surface area contributed by atoms with Crippen LogP contribution in [0.25, 0.3) is 0 Å². The number of ketones is 1. The zero-order valence-electron chi connectivity index (χ0n) is 14.7. The van der Waals surface area contributed by atoms with E-state index in [2.05, 4.69) is 18.6 Å². The molecule has 0 radical (unpaired) electrons. The van der Waals surface area contributed by atoms with E-state index < -0.39 is 10.0 Å². The molecule has 24 heavy (non-hydrogen) atoms. The molecule has 1 aromatic carbocycles. The fraction of sp³-hybridized carbons (Fsp3) is 0.611. The molecule has 2 aliphatic rings. The summed E-state index contributed by atoms with van der Waals surface area (Å²) >= 11 is 0. The minimum Gasteiger partial charge on any atom is -0.489 e. The molecule has 132 valence electrons. The fourth-order valence-electron chi connectivity index (χ4n) is 3.81. The summed E-state index contributed by atoms with van der Waals surface area (Å²) < 4.78 is 32.8. The molecule has 1 fully saturated rings. The highest BCUT2D eigenvalue weighted by Gasteiger charge is 2.47. The van der Waals surface area contributed by atoms with E-state index in [-0.39, 0.29) is 29.0 Å². The third-order valence-electron chi connectivity index (χ3n) is 4.83. The second-order valence-electron chi connectivity index (χ2n) is 7.77. The van der Waals surface area contributed by atoms with Gasteiger partial charge in [0.25, 0.3) is 0 Å². The van der Waals surface area contributed by atoms with Crippen molar-refractivity contribution >= 4 is 21.5 Å². The van der Waals surface area contributed by atoms with E-state index in [4.69, 9.17) is 4.74 Å². The Morgan fingerprint density at radius 2 is 2.04 bits per heavy atom. The first-order valence-electron chi connectivity index (χ1n) is 8.46. The molecule has 3 rings (SSSR count). The van der Waals surface area contributed by atoms with Gasteiger partial charge in [0, 0.05) is 12.0 Å². The van der Waals surface area contributed by atoms with E-state index in [0.29, 0.717) is 24.3 Å². The molecule has 0 aromatic heterocycles. The van der Waals surface area contributed by atoms with Crippen LogP contribution < -0.4 is 9.46 Å². The number of aryl methyl sites for hydroxylation is 1. The first kappa shape index (κ1) is 17.3. The number of ether oxygens (including phenoxy) is 1. The van der Waals surface area contributed by atoms with Crippen molar-refractivity contribution in [2.75, 3.05) is 10.5 Å². The van der Waals surface area contributed by atoms with Gasteiger partial charge in [0.1, 0.15) is 17.6 Å². The number of sulfonamides is 1. The van der Waals surface area contributed by atoms with Gasteiger partial charge in [0.15, 0.2) is 0 Å². The molecule has 0 bridgehead atoms. The molecule has 1 heterocycles. The summed E-state index contributed by atoms with van der Waals surface area (Å²) in [4.78, 5) is 12.6. The average molecular weight is 351 g/mol. The van der Waals surface area contributed by atoms with Crippen molar-refractivity contribution in [3.63, 3.8) is 0 Å². The Morgan fingerprint density at radius 3 is 2.71 bits per heavy atom. The zero-order chi connectivity index (χ0) is 17.7. The average Bonchev–Trinajstić information content (AvgIpc) is 2.74. The number of anilines is 1. The number of fused-ring (bicyclic) bond motifs is 3. The van der Waals surface area contributed by atoms with Crippen LogP contribution in [-0.2, 0) is 14.8 Å². The van der Waals surface area contributed by atoms with Gasteiger partial charge in [-0.2, -0.15) is 0 Å². The second kappa shape index (κ2) is 5.76. The number of nitrogens with one attached hydrogen (secondary N) is 1. The van der Waals surface area contributed by atoms with E-state index in [9.17, 15) is 13.2 Å². The fourth-order valence-corrected chi connectivity index (χ4v) is 5.01. The summed E-state index contributed by atoms with van der Waals surface area (Å²) in [5.41, 5.74) is 2.11. The number of rotatable bonds is 4. The van der Waals surface area contributed by atoms with Crippen molar-refractivity contribution in [3.05, 3.63) is 23.3 Å². The molecule has 1 aliphatic carbocycles. The molecule has 1 saturated carbocycles. The Labute approximate surface area is 143 Å². The molecule has 0 amide bonds. The first-order valence-corrected chi connectivity index (χ1v) is 10.1. The quantitative estimate of drug-likeness (QED) is 0.902. The van der Waals surface area contributed by atoms with Crippen molar-refractivity contribution in [2.24, 2.45) is 5.41 Å². The molecular formula is C18H25NO4S. The third kappa shape index (κ3) is 3.16. The van der Waals surface area contributed by atoms with Crippen LogP contribution in [0.3, 0.4) is 0 Å². The van der Waals surface area contributed by atoms with E-state index in [1.807, 2.05) is 19.9 Å². The van der Waals surface area contributed by atoms with Crippen molar-refractivity contribution in [1.29, 1.82) is 0 Å². The third-order valence-corrected chi connectivity index (χ3v) is 6.31. The first-order chi connectivity index (χ1) is 11.1. The van der Waals surface area contributed by atoms with Crippen LogP contribution in [0.1, 0.15) is 57.1 Å². The zero-order valence-corrected chi connectivity index (χ0v) is 15.5. The lowest BCUT2D eigenvalue weighted by molar-refractivity contribution is -0.127. The van der Waals surface area contributed by atoms with E-state index >= 15 is 0 Å². The van der Waals surface area contributed by atoms with Gasteiger partial charge < -0.3 is 4.74 Å². The summed E-state index contributed by atoms with van der Waals surface area (Å²) in [5, 5.41) is 0. The van der Waals surface area contributed by atoms with Crippen molar-refractivity contribution in [2.45, 2.75) is 59.0 Å². The van der Waals surface area contributed by atoms with Crippen molar-refractivity contribution in [3.8, 4) is 5.75 Å². The van der Waals surface area contributed by atoms with Crippen LogP contribution in [0.15, 0.2) is 12.1 Å². The molecule has 6 heteroatoms. The maximum atomic E-state index is 12.6. The number of Topliss-reactive ketones (excluding diaryl/α,β-unsaturated/α-hetero) is 1. The van der Waals surface area contributed by atoms with Gasteiger partial charge in [-0.15, -0.1) is 0 Å². The minimum atomic E-state index is -3.36. The van der Waals surface area contributed by atoms with Gasteiger partial charge in [-0.25, -0.2) is 8.42 Å². The number of carbonyl (C=O) groups is 1. The minimum absolute atomic E-state index is 0.0547. The highest BCUT2D eigenvalue weighted by atomic mass is 32.2. The predicted molar refractivity (Wildman–Crippen MR) is 94.1 cm³/mol. The van der Waals surface area contributed by atoms with Gasteiger partial charge in [0.2, 0.25) is 10.0 Å². The smallest absolute Gasteiger partial charge is 0.232 e. The molecular weight excluding hydrogens is 326 g/mol. The number of hydrogen-bond acceptors (Lipinski definition) is 4. The maximum absolute atomic E-state index is 12.6. The predicted octanol–water partition coefficient (Wildman–Crippen LogP) is 3.38. The van der Waals surface area contributed by atoms with Crippen LogP contribution in [0.2, 0.25) is 0 Å².